The minimum Gasteiger partial charge on any atom is -0.380 e. The smallest absolute Gasteiger partial charge is 0.0713 e. The number of hydrogen-bond acceptors (Lipinski definition) is 2. The van der Waals surface area contributed by atoms with Crippen LogP contribution in [0.2, 0.25) is 0 Å². The van der Waals surface area contributed by atoms with E-state index in [-0.39, 0.29) is 12.4 Å². The maximum Gasteiger partial charge on any atom is 0.0713 e. The third kappa shape index (κ3) is 4.27. The van der Waals surface area contributed by atoms with E-state index in [1.165, 1.54) is 11.1 Å². The second-order valence-corrected chi connectivity index (χ2v) is 2.79. The normalized spacial score (nSPS) is 9.38. The molecule has 13 heavy (non-hydrogen) atoms. The fourth-order valence-corrected chi connectivity index (χ4v) is 1.21. The molecule has 2 nitrogen and oxygen atoms in total. The highest BCUT2D eigenvalue weighted by molar-refractivity contribution is 5.85. The van der Waals surface area contributed by atoms with Gasteiger partial charge in [0.15, 0.2) is 0 Å². The molecule has 0 heterocycles. The predicted molar refractivity (Wildman–Crippen MR) is 57.2 cm³/mol. The fraction of sp³-hybridized carbons (Fsp3) is 0.400. The highest BCUT2D eigenvalue weighted by Crippen LogP contribution is 2.06. The Labute approximate surface area is 85.5 Å². The van der Waals surface area contributed by atoms with Crippen LogP contribution in [-0.2, 0) is 17.8 Å². The summed E-state index contributed by atoms with van der Waals surface area (Å²) >= 11 is 0. The summed E-state index contributed by atoms with van der Waals surface area (Å²) in [6, 6.07) is 8.32. The van der Waals surface area contributed by atoms with Gasteiger partial charge in [-0.3, -0.25) is 0 Å². The first kappa shape index (κ1) is 12.4. The Bertz CT molecular complexity index is 219. The van der Waals surface area contributed by atoms with E-state index in [0.29, 0.717) is 13.2 Å². The summed E-state index contributed by atoms with van der Waals surface area (Å²) in [5.41, 5.74) is 7.95. The van der Waals surface area contributed by atoms with E-state index in [2.05, 4.69) is 18.2 Å². The summed E-state index contributed by atoms with van der Waals surface area (Å²) in [5.74, 6) is 0. The molecule has 1 aromatic rings. The van der Waals surface area contributed by atoms with Gasteiger partial charge in [0.05, 0.1) is 6.61 Å². The summed E-state index contributed by atoms with van der Waals surface area (Å²) < 4.78 is 5.03. The molecule has 0 bridgehead atoms. The number of halogens is 1. The van der Waals surface area contributed by atoms with Crippen LogP contribution < -0.4 is 5.73 Å². The van der Waals surface area contributed by atoms with Crippen molar-refractivity contribution in [3.8, 4) is 0 Å². The van der Waals surface area contributed by atoms with Gasteiger partial charge in [0.25, 0.3) is 0 Å². The standard InChI is InChI=1S/C10H15NO.ClH/c1-12-8-10-4-2-3-9(7-10)5-6-11;/h2-4,7H,5-6,8,11H2,1H3;1H. The third-order valence-corrected chi connectivity index (χ3v) is 1.74. The van der Waals surface area contributed by atoms with Crippen LogP contribution in [0.25, 0.3) is 0 Å². The van der Waals surface area contributed by atoms with Crippen LogP contribution in [0.15, 0.2) is 24.3 Å². The Morgan fingerprint density at radius 1 is 1.31 bits per heavy atom. The van der Waals surface area contributed by atoms with E-state index in [1.54, 1.807) is 7.11 Å². The number of methoxy groups -OCH3 is 1. The van der Waals surface area contributed by atoms with Gasteiger partial charge < -0.3 is 10.5 Å². The van der Waals surface area contributed by atoms with Crippen LogP contribution in [0.5, 0.6) is 0 Å². The zero-order chi connectivity index (χ0) is 8.81. The van der Waals surface area contributed by atoms with E-state index in [1.807, 2.05) is 6.07 Å². The molecule has 0 fully saturated rings. The molecule has 0 radical (unpaired) electrons. The molecule has 0 aliphatic rings. The van der Waals surface area contributed by atoms with E-state index in [0.717, 1.165) is 6.42 Å². The lowest BCUT2D eigenvalue weighted by atomic mass is 10.1. The highest BCUT2D eigenvalue weighted by Gasteiger charge is 1.93. The van der Waals surface area contributed by atoms with Crippen molar-refractivity contribution in [2.24, 2.45) is 5.73 Å². The molecule has 0 aliphatic carbocycles. The molecular weight excluding hydrogens is 186 g/mol. The maximum atomic E-state index is 5.45. The Hall–Kier alpha value is -0.570. The average molecular weight is 202 g/mol. The van der Waals surface area contributed by atoms with Gasteiger partial charge in [0.2, 0.25) is 0 Å². The molecule has 74 valence electrons. The number of benzene rings is 1. The van der Waals surface area contributed by atoms with Crippen molar-refractivity contribution >= 4 is 12.4 Å². The van der Waals surface area contributed by atoms with Crippen LogP contribution in [-0.4, -0.2) is 13.7 Å². The quantitative estimate of drug-likeness (QED) is 0.806. The first-order valence-corrected chi connectivity index (χ1v) is 4.13. The Morgan fingerprint density at radius 3 is 2.62 bits per heavy atom. The molecular formula is C10H16ClNO. The summed E-state index contributed by atoms with van der Waals surface area (Å²) in [6.45, 7) is 1.38. The van der Waals surface area contributed by atoms with Gasteiger partial charge in [-0.05, 0) is 24.1 Å². The minimum absolute atomic E-state index is 0. The van der Waals surface area contributed by atoms with Gasteiger partial charge in [-0.15, -0.1) is 12.4 Å². The second-order valence-electron chi connectivity index (χ2n) is 2.79. The van der Waals surface area contributed by atoms with E-state index in [4.69, 9.17) is 10.5 Å². The van der Waals surface area contributed by atoms with Crippen LogP contribution in [0.1, 0.15) is 11.1 Å². The van der Waals surface area contributed by atoms with Gasteiger partial charge in [-0.1, -0.05) is 24.3 Å². The molecule has 0 atom stereocenters. The van der Waals surface area contributed by atoms with Gasteiger partial charge in [0, 0.05) is 7.11 Å². The van der Waals surface area contributed by atoms with Gasteiger partial charge in [0.1, 0.15) is 0 Å². The molecule has 1 aromatic carbocycles. The molecule has 0 aliphatic heterocycles. The largest absolute Gasteiger partial charge is 0.380 e. The van der Waals surface area contributed by atoms with Crippen LogP contribution in [0, 0.1) is 0 Å². The van der Waals surface area contributed by atoms with Crippen molar-refractivity contribution in [3.63, 3.8) is 0 Å². The van der Waals surface area contributed by atoms with Crippen LogP contribution >= 0.6 is 12.4 Å². The lowest BCUT2D eigenvalue weighted by Gasteiger charge is -2.02. The molecule has 3 heteroatoms. The van der Waals surface area contributed by atoms with E-state index in [9.17, 15) is 0 Å². The number of nitrogens with two attached hydrogens (primary N) is 1. The second kappa shape index (κ2) is 6.89. The number of ether oxygens (including phenoxy) is 1. The maximum absolute atomic E-state index is 5.45. The molecule has 0 spiro atoms. The molecule has 0 amide bonds. The minimum atomic E-state index is 0. The Kier molecular flexibility index (Phi) is 6.59. The van der Waals surface area contributed by atoms with Crippen LogP contribution in [0.3, 0.4) is 0 Å². The summed E-state index contributed by atoms with van der Waals surface area (Å²) in [4.78, 5) is 0. The summed E-state index contributed by atoms with van der Waals surface area (Å²) in [5, 5.41) is 0. The van der Waals surface area contributed by atoms with Crippen molar-refractivity contribution in [2.45, 2.75) is 13.0 Å². The monoisotopic (exact) mass is 201 g/mol. The van der Waals surface area contributed by atoms with Gasteiger partial charge in [-0.25, -0.2) is 0 Å². The van der Waals surface area contributed by atoms with E-state index >= 15 is 0 Å². The fourth-order valence-electron chi connectivity index (χ4n) is 1.21. The number of rotatable bonds is 4. The zero-order valence-electron chi connectivity index (χ0n) is 7.82. The van der Waals surface area contributed by atoms with Crippen molar-refractivity contribution in [1.82, 2.24) is 0 Å². The SMILES string of the molecule is COCc1cccc(CCN)c1.Cl. The Morgan fingerprint density at radius 2 is 2.00 bits per heavy atom. The first-order valence-electron chi connectivity index (χ1n) is 4.13. The first-order chi connectivity index (χ1) is 5.86. The van der Waals surface area contributed by atoms with Crippen molar-refractivity contribution in [1.29, 1.82) is 0 Å². The summed E-state index contributed by atoms with van der Waals surface area (Å²) in [7, 11) is 1.70. The van der Waals surface area contributed by atoms with Gasteiger partial charge >= 0.3 is 0 Å². The van der Waals surface area contributed by atoms with E-state index < -0.39 is 0 Å². The predicted octanol–water partition coefficient (Wildman–Crippen LogP) is 1.76. The van der Waals surface area contributed by atoms with Crippen molar-refractivity contribution in [3.05, 3.63) is 35.4 Å². The molecule has 0 aromatic heterocycles. The lowest BCUT2D eigenvalue weighted by molar-refractivity contribution is 0.185. The summed E-state index contributed by atoms with van der Waals surface area (Å²) in [6.07, 6.45) is 0.942. The van der Waals surface area contributed by atoms with Crippen molar-refractivity contribution in [2.75, 3.05) is 13.7 Å². The molecule has 0 saturated carbocycles. The topological polar surface area (TPSA) is 35.2 Å². The Balaban J connectivity index is 0.00000144. The highest BCUT2D eigenvalue weighted by atomic mass is 35.5. The zero-order valence-corrected chi connectivity index (χ0v) is 8.64. The van der Waals surface area contributed by atoms with Crippen molar-refractivity contribution < 1.29 is 4.74 Å². The molecule has 0 unspecified atom stereocenters. The molecule has 1 rings (SSSR count). The van der Waals surface area contributed by atoms with Crippen LogP contribution in [0.4, 0.5) is 0 Å². The average Bonchev–Trinajstić information content (AvgIpc) is 2.06. The molecule has 2 N–H and O–H groups in total. The van der Waals surface area contributed by atoms with Gasteiger partial charge in [-0.2, -0.15) is 0 Å². The number of hydrogen-bond donors (Lipinski definition) is 1. The third-order valence-electron chi connectivity index (χ3n) is 1.74. The molecule has 0 saturated heterocycles. The lowest BCUT2D eigenvalue weighted by Crippen LogP contribution is -2.02.